The first-order valence-corrected chi connectivity index (χ1v) is 11.0. The number of benzene rings is 1. The van der Waals surface area contributed by atoms with Crippen molar-refractivity contribution in [2.75, 3.05) is 13.1 Å². The number of nitrogens with zero attached hydrogens (tertiary/aromatic N) is 1. The standard InChI is InChI=1S/C24H31N3O3.ClH/c1-17-9-11-27(15-19-8-5-10-25-14-19)24(29)22(17)23(28)26-20-12-21(13-20)30-16-18-6-3-2-4-7-18;/h2-4,6-7,9,11,19-21,25H,5,8,10,12-16H2,1H3,(H,26,28);1H. The van der Waals surface area contributed by atoms with Crippen molar-refractivity contribution in [2.24, 2.45) is 5.92 Å². The Balaban J connectivity index is 0.00000272. The van der Waals surface area contributed by atoms with Gasteiger partial charge in [-0.15, -0.1) is 12.4 Å². The average molecular weight is 446 g/mol. The van der Waals surface area contributed by atoms with Crippen molar-refractivity contribution in [3.8, 4) is 0 Å². The van der Waals surface area contributed by atoms with Crippen molar-refractivity contribution in [3.05, 3.63) is 69.6 Å². The van der Waals surface area contributed by atoms with Gasteiger partial charge in [0, 0.05) is 18.8 Å². The molecule has 0 bridgehead atoms. The molecule has 2 fully saturated rings. The van der Waals surface area contributed by atoms with Crippen molar-refractivity contribution in [2.45, 2.75) is 57.9 Å². The lowest BCUT2D eigenvalue weighted by molar-refractivity contribution is -0.0251. The van der Waals surface area contributed by atoms with Crippen molar-refractivity contribution < 1.29 is 9.53 Å². The summed E-state index contributed by atoms with van der Waals surface area (Å²) < 4.78 is 7.61. The van der Waals surface area contributed by atoms with Gasteiger partial charge in [0.15, 0.2) is 0 Å². The molecule has 1 saturated carbocycles. The van der Waals surface area contributed by atoms with E-state index < -0.39 is 0 Å². The Morgan fingerprint density at radius 1 is 1.23 bits per heavy atom. The Morgan fingerprint density at radius 2 is 2.00 bits per heavy atom. The maximum atomic E-state index is 13.0. The fourth-order valence-corrected chi connectivity index (χ4v) is 4.31. The molecule has 1 aromatic carbocycles. The SMILES string of the molecule is Cc1ccn(CC2CCCNC2)c(=O)c1C(=O)NC1CC(OCc2ccccc2)C1.Cl. The fraction of sp³-hybridized carbons (Fsp3) is 0.500. The van der Waals surface area contributed by atoms with Gasteiger partial charge in [0.25, 0.3) is 11.5 Å². The molecule has 1 aliphatic heterocycles. The highest BCUT2D eigenvalue weighted by molar-refractivity contribution is 5.95. The second-order valence-electron chi connectivity index (χ2n) is 8.60. The van der Waals surface area contributed by atoms with Gasteiger partial charge in [-0.2, -0.15) is 0 Å². The van der Waals surface area contributed by atoms with Crippen LogP contribution in [0, 0.1) is 12.8 Å². The molecular formula is C24H32ClN3O3. The number of ether oxygens (including phenoxy) is 1. The van der Waals surface area contributed by atoms with E-state index in [9.17, 15) is 9.59 Å². The van der Waals surface area contributed by atoms with E-state index in [4.69, 9.17) is 4.74 Å². The number of piperidine rings is 1. The van der Waals surface area contributed by atoms with E-state index >= 15 is 0 Å². The second kappa shape index (κ2) is 10.9. The van der Waals surface area contributed by atoms with Gasteiger partial charge >= 0.3 is 0 Å². The molecule has 1 saturated heterocycles. The normalized spacial score (nSPS) is 22.8. The molecular weight excluding hydrogens is 414 g/mol. The van der Waals surface area contributed by atoms with E-state index in [1.165, 1.54) is 0 Å². The van der Waals surface area contributed by atoms with Crippen LogP contribution in [-0.4, -0.2) is 35.7 Å². The predicted molar refractivity (Wildman–Crippen MR) is 124 cm³/mol. The van der Waals surface area contributed by atoms with Crippen LogP contribution in [0.1, 0.15) is 47.2 Å². The van der Waals surface area contributed by atoms with Crippen molar-refractivity contribution in [1.82, 2.24) is 15.2 Å². The van der Waals surface area contributed by atoms with Crippen LogP contribution in [0.3, 0.4) is 0 Å². The van der Waals surface area contributed by atoms with Gasteiger partial charge < -0.3 is 19.9 Å². The largest absolute Gasteiger partial charge is 0.373 e. The Bertz CT molecular complexity index is 919. The summed E-state index contributed by atoms with van der Waals surface area (Å²) in [6.07, 6.45) is 5.79. The first-order chi connectivity index (χ1) is 14.6. The van der Waals surface area contributed by atoms with E-state index in [1.807, 2.05) is 49.5 Å². The number of halogens is 1. The summed E-state index contributed by atoms with van der Waals surface area (Å²) >= 11 is 0. The third-order valence-electron chi connectivity index (χ3n) is 6.21. The van der Waals surface area contributed by atoms with Gasteiger partial charge in [0.05, 0.1) is 12.7 Å². The quantitative estimate of drug-likeness (QED) is 0.687. The van der Waals surface area contributed by atoms with E-state index in [-0.39, 0.29) is 41.6 Å². The third-order valence-corrected chi connectivity index (χ3v) is 6.21. The average Bonchev–Trinajstić information content (AvgIpc) is 2.73. The summed E-state index contributed by atoms with van der Waals surface area (Å²) in [6, 6.07) is 12.0. The molecule has 6 nitrogen and oxygen atoms in total. The Morgan fingerprint density at radius 3 is 2.71 bits per heavy atom. The van der Waals surface area contributed by atoms with Crippen molar-refractivity contribution in [1.29, 1.82) is 0 Å². The zero-order valence-corrected chi connectivity index (χ0v) is 18.8. The molecule has 1 unspecified atom stereocenters. The number of carbonyl (C=O) groups excluding carboxylic acids is 1. The molecule has 2 aliphatic rings. The van der Waals surface area contributed by atoms with Gasteiger partial charge in [-0.25, -0.2) is 0 Å². The smallest absolute Gasteiger partial charge is 0.263 e. The molecule has 1 aliphatic carbocycles. The van der Waals surface area contributed by atoms with Gasteiger partial charge in [-0.05, 0) is 68.8 Å². The molecule has 2 N–H and O–H groups in total. The maximum absolute atomic E-state index is 13.0. The Hall–Kier alpha value is -2.15. The summed E-state index contributed by atoms with van der Waals surface area (Å²) in [7, 11) is 0. The van der Waals surface area contributed by atoms with Crippen LogP contribution < -0.4 is 16.2 Å². The molecule has 0 spiro atoms. The zero-order chi connectivity index (χ0) is 20.9. The molecule has 1 aromatic heterocycles. The zero-order valence-electron chi connectivity index (χ0n) is 18.0. The van der Waals surface area contributed by atoms with Crippen LogP contribution in [0.5, 0.6) is 0 Å². The molecule has 31 heavy (non-hydrogen) atoms. The van der Waals surface area contributed by atoms with Gasteiger partial charge in [-0.1, -0.05) is 30.3 Å². The van der Waals surface area contributed by atoms with Crippen LogP contribution in [0.4, 0.5) is 0 Å². The van der Waals surface area contributed by atoms with Crippen LogP contribution in [-0.2, 0) is 17.9 Å². The summed E-state index contributed by atoms with van der Waals surface area (Å²) in [5.41, 5.74) is 1.97. The van der Waals surface area contributed by atoms with E-state index in [0.717, 1.165) is 49.9 Å². The lowest BCUT2D eigenvalue weighted by atomic mass is 9.89. The summed E-state index contributed by atoms with van der Waals surface area (Å²) in [5.74, 6) is 0.171. The predicted octanol–water partition coefficient (Wildman–Crippen LogP) is 3.06. The van der Waals surface area contributed by atoms with E-state index in [2.05, 4.69) is 10.6 Å². The van der Waals surface area contributed by atoms with Gasteiger partial charge in [-0.3, -0.25) is 9.59 Å². The van der Waals surface area contributed by atoms with Gasteiger partial charge in [0.1, 0.15) is 5.56 Å². The van der Waals surface area contributed by atoms with Crippen LogP contribution in [0.15, 0.2) is 47.4 Å². The fourth-order valence-electron chi connectivity index (χ4n) is 4.31. The molecule has 7 heteroatoms. The molecule has 1 amide bonds. The Kier molecular flexibility index (Phi) is 8.29. The van der Waals surface area contributed by atoms with Crippen LogP contribution in [0.2, 0.25) is 0 Å². The number of hydrogen-bond acceptors (Lipinski definition) is 4. The number of pyridine rings is 1. The van der Waals surface area contributed by atoms with Crippen LogP contribution in [0.25, 0.3) is 0 Å². The molecule has 2 aromatic rings. The highest BCUT2D eigenvalue weighted by Gasteiger charge is 2.32. The minimum Gasteiger partial charge on any atom is -0.373 e. The topological polar surface area (TPSA) is 72.4 Å². The highest BCUT2D eigenvalue weighted by atomic mass is 35.5. The third kappa shape index (κ3) is 5.97. The monoisotopic (exact) mass is 445 g/mol. The summed E-state index contributed by atoms with van der Waals surface area (Å²) in [6.45, 7) is 5.05. The summed E-state index contributed by atoms with van der Waals surface area (Å²) in [4.78, 5) is 25.8. The molecule has 4 rings (SSSR count). The van der Waals surface area contributed by atoms with Gasteiger partial charge in [0.2, 0.25) is 0 Å². The van der Waals surface area contributed by atoms with Crippen molar-refractivity contribution in [3.63, 3.8) is 0 Å². The van der Waals surface area contributed by atoms with Crippen LogP contribution >= 0.6 is 12.4 Å². The lowest BCUT2D eigenvalue weighted by Crippen LogP contribution is -2.49. The molecule has 1 atom stereocenters. The number of nitrogens with one attached hydrogen (secondary N) is 2. The lowest BCUT2D eigenvalue weighted by Gasteiger charge is -2.35. The van der Waals surface area contributed by atoms with E-state index in [0.29, 0.717) is 19.1 Å². The first-order valence-electron chi connectivity index (χ1n) is 11.0. The number of carbonyl (C=O) groups is 1. The molecule has 168 valence electrons. The van der Waals surface area contributed by atoms with Crippen molar-refractivity contribution >= 4 is 18.3 Å². The number of hydrogen-bond donors (Lipinski definition) is 2. The first kappa shape index (κ1) is 23.5. The number of amides is 1. The maximum Gasteiger partial charge on any atom is 0.263 e. The second-order valence-corrected chi connectivity index (χ2v) is 8.60. The molecule has 2 heterocycles. The minimum atomic E-state index is -0.264. The summed E-state index contributed by atoms with van der Waals surface area (Å²) in [5, 5.41) is 6.41. The van der Waals surface area contributed by atoms with E-state index in [1.54, 1.807) is 4.57 Å². The molecule has 0 radical (unpaired) electrons. The highest BCUT2D eigenvalue weighted by Crippen LogP contribution is 2.25. The Labute approximate surface area is 189 Å². The minimum absolute atomic E-state index is 0. The number of rotatable bonds is 7. The number of aromatic nitrogens is 1. The number of aryl methyl sites for hydroxylation is 1.